The van der Waals surface area contributed by atoms with E-state index in [1.165, 1.54) is 28.2 Å². The summed E-state index contributed by atoms with van der Waals surface area (Å²) in [5, 5.41) is 0. The molecule has 0 saturated carbocycles. The Morgan fingerprint density at radius 3 is 2.50 bits per heavy atom. The highest BCUT2D eigenvalue weighted by Gasteiger charge is 2.21. The van der Waals surface area contributed by atoms with Gasteiger partial charge >= 0.3 is 0 Å². The van der Waals surface area contributed by atoms with Crippen molar-refractivity contribution in [2.75, 3.05) is 0 Å². The predicted octanol–water partition coefficient (Wildman–Crippen LogP) is 5.90. The smallest absolute Gasteiger partial charge is 0.0655 e. The van der Waals surface area contributed by atoms with E-state index in [0.29, 0.717) is 3.92 Å². The van der Waals surface area contributed by atoms with Crippen molar-refractivity contribution in [3.05, 3.63) is 58.8 Å². The highest BCUT2D eigenvalue weighted by Crippen LogP contribution is 2.36. The molecule has 0 saturated heterocycles. The standard InChI is InChI=1S/C18H16BrIN2/c1-12(20)16-6-7-17-18-10-14(11-21(18)8-9-22(16)17)13-2-4-15(19)5-3-13/h2-7,10-12H,8-9H2,1H3/t12-/m1/s1. The monoisotopic (exact) mass is 466 g/mol. The molecule has 4 heteroatoms. The van der Waals surface area contributed by atoms with E-state index in [4.69, 9.17) is 0 Å². The second kappa shape index (κ2) is 5.57. The summed E-state index contributed by atoms with van der Waals surface area (Å²) in [5.74, 6) is 0. The molecular weight excluding hydrogens is 451 g/mol. The van der Waals surface area contributed by atoms with Gasteiger partial charge in [0.2, 0.25) is 0 Å². The molecule has 0 fully saturated rings. The zero-order valence-electron chi connectivity index (χ0n) is 12.3. The summed E-state index contributed by atoms with van der Waals surface area (Å²) in [6.45, 7) is 4.36. The average molecular weight is 467 g/mol. The van der Waals surface area contributed by atoms with E-state index in [9.17, 15) is 0 Å². The number of alkyl halides is 1. The molecule has 1 aliphatic rings. The minimum atomic E-state index is 0.541. The van der Waals surface area contributed by atoms with Crippen LogP contribution >= 0.6 is 38.5 Å². The zero-order chi connectivity index (χ0) is 15.3. The second-order valence-electron chi connectivity index (χ2n) is 5.73. The molecule has 22 heavy (non-hydrogen) atoms. The summed E-state index contributed by atoms with van der Waals surface area (Å²) in [6.07, 6.45) is 2.28. The van der Waals surface area contributed by atoms with Crippen LogP contribution in [0.2, 0.25) is 0 Å². The van der Waals surface area contributed by atoms with Gasteiger partial charge in [0.05, 0.1) is 11.4 Å². The average Bonchev–Trinajstić information content (AvgIpc) is 3.11. The maximum atomic E-state index is 3.50. The lowest BCUT2D eigenvalue weighted by Crippen LogP contribution is -2.17. The van der Waals surface area contributed by atoms with Gasteiger partial charge in [0, 0.05) is 38.9 Å². The Morgan fingerprint density at radius 1 is 1.00 bits per heavy atom. The van der Waals surface area contributed by atoms with Crippen molar-refractivity contribution in [1.29, 1.82) is 0 Å². The van der Waals surface area contributed by atoms with Crippen molar-refractivity contribution in [2.45, 2.75) is 23.9 Å². The largest absolute Gasteiger partial charge is 0.344 e. The van der Waals surface area contributed by atoms with Crippen molar-refractivity contribution in [3.63, 3.8) is 0 Å². The lowest BCUT2D eigenvalue weighted by atomic mass is 10.1. The van der Waals surface area contributed by atoms with Crippen LogP contribution < -0.4 is 0 Å². The maximum Gasteiger partial charge on any atom is 0.0655 e. The Balaban J connectivity index is 1.80. The van der Waals surface area contributed by atoms with Crippen molar-refractivity contribution in [2.24, 2.45) is 0 Å². The molecule has 2 nitrogen and oxygen atoms in total. The normalized spacial score (nSPS) is 14.5. The van der Waals surface area contributed by atoms with E-state index in [1.54, 1.807) is 0 Å². The molecule has 1 aromatic carbocycles. The van der Waals surface area contributed by atoms with Gasteiger partial charge in [0.25, 0.3) is 0 Å². The van der Waals surface area contributed by atoms with Crippen LogP contribution in [0.4, 0.5) is 0 Å². The highest BCUT2D eigenvalue weighted by molar-refractivity contribution is 14.1. The van der Waals surface area contributed by atoms with Crippen LogP contribution in [0.1, 0.15) is 16.5 Å². The van der Waals surface area contributed by atoms with Gasteiger partial charge in [-0.25, -0.2) is 0 Å². The molecule has 2 aromatic heterocycles. The third-order valence-electron chi connectivity index (χ3n) is 4.32. The SMILES string of the molecule is C[C@@H](I)c1ccc2n1CCn1cc(-c3ccc(Br)cc3)cc1-2. The number of hydrogen-bond acceptors (Lipinski definition) is 0. The van der Waals surface area contributed by atoms with E-state index in [0.717, 1.165) is 17.6 Å². The topological polar surface area (TPSA) is 9.86 Å². The third kappa shape index (κ3) is 2.36. The van der Waals surface area contributed by atoms with Crippen molar-refractivity contribution < 1.29 is 0 Å². The molecule has 112 valence electrons. The molecule has 0 aliphatic carbocycles. The Morgan fingerprint density at radius 2 is 1.77 bits per heavy atom. The Labute approximate surface area is 152 Å². The van der Waals surface area contributed by atoms with Crippen LogP contribution in [0.3, 0.4) is 0 Å². The second-order valence-corrected chi connectivity index (χ2v) is 8.51. The first-order valence-corrected chi connectivity index (χ1v) is 9.47. The van der Waals surface area contributed by atoms with Crippen LogP contribution in [0, 0.1) is 0 Å². The number of hydrogen-bond donors (Lipinski definition) is 0. The summed E-state index contributed by atoms with van der Waals surface area (Å²) < 4.78 is 6.51. The summed E-state index contributed by atoms with van der Waals surface area (Å²) in [5.41, 5.74) is 6.65. The van der Waals surface area contributed by atoms with Crippen LogP contribution in [-0.2, 0) is 13.1 Å². The highest BCUT2D eigenvalue weighted by atomic mass is 127. The first kappa shape index (κ1) is 14.6. The van der Waals surface area contributed by atoms with Crippen LogP contribution in [0.25, 0.3) is 22.5 Å². The number of aromatic nitrogens is 2. The van der Waals surface area contributed by atoms with Gasteiger partial charge in [-0.15, -0.1) is 0 Å². The molecule has 0 N–H and O–H groups in total. The fraction of sp³-hybridized carbons (Fsp3) is 0.222. The molecule has 3 heterocycles. The number of benzene rings is 1. The van der Waals surface area contributed by atoms with Gasteiger partial charge < -0.3 is 9.13 Å². The third-order valence-corrected chi connectivity index (χ3v) is 5.49. The number of halogens is 2. The van der Waals surface area contributed by atoms with Gasteiger partial charge in [0.1, 0.15) is 0 Å². The molecule has 4 rings (SSSR count). The van der Waals surface area contributed by atoms with Crippen molar-refractivity contribution >= 4 is 38.5 Å². The fourth-order valence-corrected chi connectivity index (χ4v) is 4.03. The Kier molecular flexibility index (Phi) is 3.69. The van der Waals surface area contributed by atoms with E-state index < -0.39 is 0 Å². The first-order chi connectivity index (χ1) is 10.6. The number of aryl methyl sites for hydroxylation is 1. The molecule has 0 amide bonds. The quantitative estimate of drug-likeness (QED) is 0.329. The van der Waals surface area contributed by atoms with Crippen LogP contribution in [0.15, 0.2) is 53.1 Å². The van der Waals surface area contributed by atoms with Gasteiger partial charge in [0.15, 0.2) is 0 Å². The first-order valence-electron chi connectivity index (χ1n) is 7.43. The number of fused-ring (bicyclic) bond motifs is 3. The Hall–Kier alpha value is -1.01. The molecule has 1 atom stereocenters. The summed E-state index contributed by atoms with van der Waals surface area (Å²) >= 11 is 6.00. The minimum absolute atomic E-state index is 0.541. The summed E-state index contributed by atoms with van der Waals surface area (Å²) in [7, 11) is 0. The van der Waals surface area contributed by atoms with Crippen molar-refractivity contribution in [3.8, 4) is 22.5 Å². The molecule has 0 spiro atoms. The zero-order valence-corrected chi connectivity index (χ0v) is 16.0. The molecule has 0 radical (unpaired) electrons. The fourth-order valence-electron chi connectivity index (χ4n) is 3.22. The Bertz CT molecular complexity index is 827. The number of rotatable bonds is 2. The van der Waals surface area contributed by atoms with Gasteiger partial charge in [-0.3, -0.25) is 0 Å². The van der Waals surface area contributed by atoms with E-state index in [1.807, 2.05) is 0 Å². The minimum Gasteiger partial charge on any atom is -0.344 e. The molecule has 0 unspecified atom stereocenters. The molecular formula is C18H16BrIN2. The lowest BCUT2D eigenvalue weighted by molar-refractivity contribution is 0.547. The van der Waals surface area contributed by atoms with E-state index in [-0.39, 0.29) is 0 Å². The van der Waals surface area contributed by atoms with Gasteiger partial charge in [-0.2, -0.15) is 0 Å². The van der Waals surface area contributed by atoms with E-state index >= 15 is 0 Å². The lowest BCUT2D eigenvalue weighted by Gasteiger charge is -2.21. The van der Waals surface area contributed by atoms with Crippen LogP contribution in [-0.4, -0.2) is 9.13 Å². The van der Waals surface area contributed by atoms with Gasteiger partial charge in [-0.1, -0.05) is 50.7 Å². The van der Waals surface area contributed by atoms with Crippen molar-refractivity contribution in [1.82, 2.24) is 9.13 Å². The molecule has 1 aliphatic heterocycles. The van der Waals surface area contributed by atoms with Crippen LogP contribution in [0.5, 0.6) is 0 Å². The maximum absolute atomic E-state index is 3.50. The predicted molar refractivity (Wildman–Crippen MR) is 103 cm³/mol. The van der Waals surface area contributed by atoms with Gasteiger partial charge in [-0.05, 0) is 42.8 Å². The molecule has 3 aromatic rings. The number of nitrogens with zero attached hydrogens (tertiary/aromatic N) is 2. The molecule has 0 bridgehead atoms. The summed E-state index contributed by atoms with van der Waals surface area (Å²) in [4.78, 5) is 0. The summed E-state index contributed by atoms with van der Waals surface area (Å²) in [6, 6.07) is 15.4. The van der Waals surface area contributed by atoms with E-state index in [2.05, 4.69) is 103 Å².